The summed E-state index contributed by atoms with van der Waals surface area (Å²) in [5.41, 5.74) is 0.572. The second-order valence-corrected chi connectivity index (χ2v) is 6.92. The average molecular weight is 407 g/mol. The third kappa shape index (κ3) is 5.72. The van der Waals surface area contributed by atoms with Gasteiger partial charge in [0.2, 0.25) is 0 Å². The summed E-state index contributed by atoms with van der Waals surface area (Å²) in [6.07, 6.45) is -0.654. The standard InChI is InChI=1S/C16H23ClN4O4.ClH/c1-19-6-8-21(2,9-7-19)11-15(22)20(24)12-4-5-14(13(17)10-12)18-16(23)25-3;/h4-5,10,24H,6-9,11H2,1-3H3;1H. The first-order valence-corrected chi connectivity index (χ1v) is 8.30. The number of hydrogen-bond acceptors (Lipinski definition) is 5. The highest BCUT2D eigenvalue weighted by Crippen LogP contribution is 2.27. The van der Waals surface area contributed by atoms with E-state index in [0.29, 0.717) is 15.2 Å². The first-order valence-electron chi connectivity index (χ1n) is 7.92. The lowest BCUT2D eigenvalue weighted by Gasteiger charge is -2.40. The van der Waals surface area contributed by atoms with Crippen LogP contribution in [0.5, 0.6) is 0 Å². The number of halogens is 2. The molecule has 0 saturated carbocycles. The van der Waals surface area contributed by atoms with E-state index in [1.807, 2.05) is 7.05 Å². The molecule has 10 heteroatoms. The molecule has 0 aromatic heterocycles. The van der Waals surface area contributed by atoms with Crippen LogP contribution in [-0.2, 0) is 9.53 Å². The van der Waals surface area contributed by atoms with E-state index in [-0.39, 0.29) is 29.7 Å². The Morgan fingerprint density at radius 3 is 2.54 bits per heavy atom. The van der Waals surface area contributed by atoms with Crippen LogP contribution in [0.2, 0.25) is 5.02 Å². The molecule has 146 valence electrons. The fraction of sp³-hybridized carbons (Fsp3) is 0.500. The number of quaternary nitrogens is 1. The van der Waals surface area contributed by atoms with Crippen molar-refractivity contribution in [2.75, 3.05) is 64.3 Å². The third-order valence-electron chi connectivity index (χ3n) is 4.42. The predicted octanol–water partition coefficient (Wildman–Crippen LogP) is -1.36. The summed E-state index contributed by atoms with van der Waals surface area (Å²) < 4.78 is 5.08. The molecule has 1 fully saturated rings. The Kier molecular flexibility index (Phi) is 8.11. The van der Waals surface area contributed by atoms with Gasteiger partial charge in [0.1, 0.15) is 0 Å². The summed E-state index contributed by atoms with van der Waals surface area (Å²) >= 11 is 6.09. The number of nitrogens with zero attached hydrogens (tertiary/aromatic N) is 3. The molecule has 0 radical (unpaired) electrons. The van der Waals surface area contributed by atoms with Crippen LogP contribution >= 0.6 is 11.6 Å². The molecule has 1 aliphatic heterocycles. The lowest BCUT2D eigenvalue weighted by molar-refractivity contribution is -0.906. The van der Waals surface area contributed by atoms with Gasteiger partial charge in [-0.05, 0) is 25.2 Å². The van der Waals surface area contributed by atoms with Gasteiger partial charge in [-0.1, -0.05) is 11.6 Å². The number of methoxy groups -OCH3 is 1. The predicted molar refractivity (Wildman–Crippen MR) is 95.0 cm³/mol. The zero-order valence-corrected chi connectivity index (χ0v) is 16.5. The van der Waals surface area contributed by atoms with Crippen molar-refractivity contribution in [3.05, 3.63) is 23.2 Å². The van der Waals surface area contributed by atoms with E-state index < -0.39 is 12.0 Å². The van der Waals surface area contributed by atoms with Gasteiger partial charge in [0, 0.05) is 13.1 Å². The Morgan fingerprint density at radius 1 is 1.38 bits per heavy atom. The highest BCUT2D eigenvalue weighted by molar-refractivity contribution is 6.34. The van der Waals surface area contributed by atoms with Crippen LogP contribution in [0, 0.1) is 0 Å². The van der Waals surface area contributed by atoms with Crippen LogP contribution < -0.4 is 22.8 Å². The molecule has 1 aliphatic rings. The van der Waals surface area contributed by atoms with Crippen LogP contribution in [0.15, 0.2) is 18.2 Å². The molecule has 0 aliphatic carbocycles. The third-order valence-corrected chi connectivity index (χ3v) is 4.73. The van der Waals surface area contributed by atoms with Gasteiger partial charge in [-0.2, -0.15) is 5.06 Å². The Hall–Kier alpha value is -1.58. The molecule has 2 N–H and O–H groups in total. The van der Waals surface area contributed by atoms with Crippen molar-refractivity contribution < 1.29 is 36.4 Å². The summed E-state index contributed by atoms with van der Waals surface area (Å²) in [4.78, 5) is 25.9. The molecule has 2 rings (SSSR count). The molecular formula is C16H24Cl2N4O4. The molecule has 26 heavy (non-hydrogen) atoms. The fourth-order valence-electron chi connectivity index (χ4n) is 2.64. The SMILES string of the molecule is COC(=O)Nc1ccc(N(O)C(=O)C[N+]2(C)CCN(C)CC2)cc1Cl.[Cl-]. The Bertz CT molecular complexity index is 651. The summed E-state index contributed by atoms with van der Waals surface area (Å²) in [6, 6.07) is 4.41. The smallest absolute Gasteiger partial charge is 0.411 e. The highest BCUT2D eigenvalue weighted by Gasteiger charge is 2.32. The molecule has 0 bridgehead atoms. The maximum absolute atomic E-state index is 12.4. The number of piperazine rings is 1. The van der Waals surface area contributed by atoms with Crippen LogP contribution in [0.4, 0.5) is 16.2 Å². The first-order chi connectivity index (χ1) is 11.7. The van der Waals surface area contributed by atoms with Gasteiger partial charge in [-0.15, -0.1) is 0 Å². The maximum Gasteiger partial charge on any atom is 0.411 e. The molecule has 1 aromatic carbocycles. The van der Waals surface area contributed by atoms with E-state index in [1.165, 1.54) is 25.3 Å². The lowest BCUT2D eigenvalue weighted by atomic mass is 10.2. The molecule has 1 heterocycles. The van der Waals surface area contributed by atoms with E-state index in [0.717, 1.165) is 26.2 Å². The van der Waals surface area contributed by atoms with Gasteiger partial charge in [-0.25, -0.2) is 4.79 Å². The van der Waals surface area contributed by atoms with Gasteiger partial charge in [0.05, 0.1) is 43.6 Å². The first kappa shape index (κ1) is 22.5. The molecule has 0 spiro atoms. The molecule has 0 atom stereocenters. The number of anilines is 2. The van der Waals surface area contributed by atoms with Crippen LogP contribution in [-0.4, -0.2) is 80.5 Å². The Labute approximate surface area is 164 Å². The van der Waals surface area contributed by atoms with E-state index >= 15 is 0 Å². The summed E-state index contributed by atoms with van der Waals surface area (Å²) in [5, 5.41) is 13.5. The van der Waals surface area contributed by atoms with Crippen LogP contribution in [0.3, 0.4) is 0 Å². The Morgan fingerprint density at radius 2 is 2.00 bits per heavy atom. The largest absolute Gasteiger partial charge is 1.00 e. The Balaban J connectivity index is 0.00000338. The second kappa shape index (κ2) is 9.38. The number of ether oxygens (including phenoxy) is 1. The van der Waals surface area contributed by atoms with E-state index in [2.05, 4.69) is 22.0 Å². The molecule has 0 unspecified atom stereocenters. The van der Waals surface area contributed by atoms with Gasteiger partial charge in [-0.3, -0.25) is 20.2 Å². The summed E-state index contributed by atoms with van der Waals surface area (Å²) in [6.45, 7) is 3.71. The number of likely N-dealkylation sites (N-methyl/N-ethyl adjacent to an activating group) is 2. The molecule has 8 nitrogen and oxygen atoms in total. The number of hydrogen-bond donors (Lipinski definition) is 2. The average Bonchev–Trinajstić information content (AvgIpc) is 2.58. The van der Waals surface area contributed by atoms with Crippen LogP contribution in [0.1, 0.15) is 0 Å². The summed E-state index contributed by atoms with van der Waals surface area (Å²) in [7, 11) is 5.30. The van der Waals surface area contributed by atoms with Crippen molar-refractivity contribution in [1.29, 1.82) is 0 Å². The number of nitrogens with one attached hydrogen (secondary N) is 1. The minimum absolute atomic E-state index is 0. The number of rotatable bonds is 4. The second-order valence-electron chi connectivity index (χ2n) is 6.51. The van der Waals surface area contributed by atoms with Crippen molar-refractivity contribution >= 4 is 35.0 Å². The fourth-order valence-corrected chi connectivity index (χ4v) is 2.86. The maximum atomic E-state index is 12.4. The lowest BCUT2D eigenvalue weighted by Crippen LogP contribution is -3.00. The monoisotopic (exact) mass is 406 g/mol. The zero-order chi connectivity index (χ0) is 18.6. The number of amides is 2. The minimum atomic E-state index is -0.654. The minimum Gasteiger partial charge on any atom is -1.00 e. The normalized spacial score (nSPS) is 16.3. The topological polar surface area (TPSA) is 82.1 Å². The van der Waals surface area contributed by atoms with Crippen molar-refractivity contribution in [1.82, 2.24) is 4.90 Å². The molecule has 2 amide bonds. The van der Waals surface area contributed by atoms with Gasteiger partial charge < -0.3 is 21.6 Å². The molecule has 1 aromatic rings. The molecule has 1 saturated heterocycles. The van der Waals surface area contributed by atoms with Crippen molar-refractivity contribution in [3.63, 3.8) is 0 Å². The highest BCUT2D eigenvalue weighted by atomic mass is 35.5. The zero-order valence-electron chi connectivity index (χ0n) is 15.0. The number of carbonyl (C=O) groups excluding carboxylic acids is 2. The quantitative estimate of drug-likeness (QED) is 0.366. The van der Waals surface area contributed by atoms with E-state index in [1.54, 1.807) is 0 Å². The number of carbonyl (C=O) groups is 2. The van der Waals surface area contributed by atoms with Gasteiger partial charge in [0.25, 0.3) is 0 Å². The number of hydroxylamine groups is 1. The van der Waals surface area contributed by atoms with Gasteiger partial charge in [0.15, 0.2) is 6.54 Å². The van der Waals surface area contributed by atoms with Crippen molar-refractivity contribution in [2.45, 2.75) is 0 Å². The van der Waals surface area contributed by atoms with Gasteiger partial charge >= 0.3 is 12.0 Å². The van der Waals surface area contributed by atoms with E-state index in [4.69, 9.17) is 11.6 Å². The van der Waals surface area contributed by atoms with Crippen molar-refractivity contribution in [3.8, 4) is 0 Å². The molecular weight excluding hydrogens is 383 g/mol. The van der Waals surface area contributed by atoms with Crippen molar-refractivity contribution in [2.24, 2.45) is 0 Å². The summed E-state index contributed by atoms with van der Waals surface area (Å²) in [5.74, 6) is -0.406. The van der Waals surface area contributed by atoms with Crippen LogP contribution in [0.25, 0.3) is 0 Å². The van der Waals surface area contributed by atoms with E-state index in [9.17, 15) is 14.8 Å². The number of benzene rings is 1.